The molecule has 0 fully saturated rings. The van der Waals surface area contributed by atoms with Gasteiger partial charge in [-0.05, 0) is 43.4 Å². The second kappa shape index (κ2) is 66.6. The van der Waals surface area contributed by atoms with Crippen molar-refractivity contribution in [2.24, 2.45) is 17.8 Å². The number of unbranched alkanes of at least 4 members (excludes halogenated alkanes) is 42. The summed E-state index contributed by atoms with van der Waals surface area (Å²) in [4.78, 5) is 72.7. The van der Waals surface area contributed by atoms with E-state index < -0.39 is 97.5 Å². The van der Waals surface area contributed by atoms with Gasteiger partial charge in [0.2, 0.25) is 0 Å². The van der Waals surface area contributed by atoms with Gasteiger partial charge in [0.25, 0.3) is 0 Å². The van der Waals surface area contributed by atoms with Gasteiger partial charge in [0.15, 0.2) is 12.2 Å². The molecule has 0 spiro atoms. The number of carbonyl (C=O) groups is 4. The third-order valence-corrected chi connectivity index (χ3v) is 19.5. The first-order valence-corrected chi connectivity index (χ1v) is 42.3. The molecule has 0 bridgehead atoms. The summed E-state index contributed by atoms with van der Waals surface area (Å²) in [5.41, 5.74) is 0. The van der Waals surface area contributed by atoms with Crippen LogP contribution in [0.2, 0.25) is 0 Å². The molecule has 95 heavy (non-hydrogen) atoms. The number of esters is 4. The van der Waals surface area contributed by atoms with E-state index in [4.69, 9.17) is 37.0 Å². The Morgan fingerprint density at radius 1 is 0.284 bits per heavy atom. The Labute approximate surface area is 581 Å². The zero-order chi connectivity index (χ0) is 70.1. The molecule has 0 saturated carbocycles. The number of aliphatic hydroxyl groups is 1. The maximum Gasteiger partial charge on any atom is 0.472 e. The number of ether oxygens (including phenoxy) is 4. The third kappa shape index (κ3) is 70.3. The lowest BCUT2D eigenvalue weighted by Crippen LogP contribution is -2.30. The van der Waals surface area contributed by atoms with Crippen LogP contribution in [0.3, 0.4) is 0 Å². The van der Waals surface area contributed by atoms with Crippen molar-refractivity contribution in [1.82, 2.24) is 0 Å². The molecule has 17 nitrogen and oxygen atoms in total. The van der Waals surface area contributed by atoms with E-state index in [1.54, 1.807) is 0 Å². The smallest absolute Gasteiger partial charge is 0.462 e. The number of rotatable bonds is 74. The number of phosphoric ester groups is 2. The highest BCUT2D eigenvalue weighted by atomic mass is 31.2. The van der Waals surface area contributed by atoms with Gasteiger partial charge >= 0.3 is 39.5 Å². The van der Waals surface area contributed by atoms with Crippen LogP contribution in [0.1, 0.15) is 389 Å². The molecule has 0 aliphatic rings. The fourth-order valence-electron chi connectivity index (χ4n) is 11.6. The van der Waals surface area contributed by atoms with E-state index in [-0.39, 0.29) is 25.7 Å². The number of phosphoric acid groups is 2. The highest BCUT2D eigenvalue weighted by Gasteiger charge is 2.30. The molecule has 0 amide bonds. The van der Waals surface area contributed by atoms with Crippen LogP contribution in [0.5, 0.6) is 0 Å². The summed E-state index contributed by atoms with van der Waals surface area (Å²) < 4.78 is 68.5. The Morgan fingerprint density at radius 2 is 0.484 bits per heavy atom. The van der Waals surface area contributed by atoms with E-state index in [2.05, 4.69) is 48.5 Å². The second-order valence-corrected chi connectivity index (χ2v) is 31.7. The molecule has 0 aliphatic heterocycles. The van der Waals surface area contributed by atoms with Crippen molar-refractivity contribution in [2.45, 2.75) is 407 Å². The Kier molecular flexibility index (Phi) is 65.2. The Morgan fingerprint density at radius 3 is 0.716 bits per heavy atom. The van der Waals surface area contributed by atoms with Crippen molar-refractivity contribution in [3.63, 3.8) is 0 Å². The van der Waals surface area contributed by atoms with E-state index >= 15 is 0 Å². The minimum Gasteiger partial charge on any atom is -0.462 e. The molecule has 0 saturated heterocycles. The monoisotopic (exact) mass is 1400 g/mol. The van der Waals surface area contributed by atoms with Crippen LogP contribution >= 0.6 is 15.6 Å². The van der Waals surface area contributed by atoms with Gasteiger partial charge in [-0.15, -0.1) is 0 Å². The minimum atomic E-state index is -4.96. The molecule has 564 valence electrons. The van der Waals surface area contributed by atoms with Gasteiger partial charge in [0, 0.05) is 25.7 Å². The van der Waals surface area contributed by atoms with Gasteiger partial charge in [-0.2, -0.15) is 0 Å². The van der Waals surface area contributed by atoms with E-state index in [1.165, 1.54) is 193 Å². The molecule has 0 rings (SSSR count). The Hall–Kier alpha value is -1.94. The van der Waals surface area contributed by atoms with E-state index in [0.717, 1.165) is 102 Å². The number of aliphatic hydroxyl groups excluding tert-OH is 1. The zero-order valence-corrected chi connectivity index (χ0v) is 63.9. The molecule has 19 heteroatoms. The molecule has 0 aliphatic carbocycles. The average molecular weight is 1400 g/mol. The van der Waals surface area contributed by atoms with Gasteiger partial charge in [-0.1, -0.05) is 337 Å². The number of hydrogen-bond donors (Lipinski definition) is 3. The van der Waals surface area contributed by atoms with E-state index in [0.29, 0.717) is 37.5 Å². The SMILES string of the molecule is CCCCCCCCCCCCCCCCCCCCCC(=O)O[C@H](COC(=O)CCCCCCCCCCCCCCCC(C)C)COP(=O)(O)OC[C@@H](O)COP(=O)(O)OC[C@@H](COC(=O)CCCCCCCCCC(C)C)OC(=O)CCCCCCCCCC(C)C. The number of hydrogen-bond acceptors (Lipinski definition) is 15. The fraction of sp³-hybridized carbons (Fsp3) is 0.947. The molecule has 3 N–H and O–H groups in total. The van der Waals surface area contributed by atoms with Crippen LogP contribution < -0.4 is 0 Å². The summed E-state index contributed by atoms with van der Waals surface area (Å²) >= 11 is 0. The molecule has 0 aromatic carbocycles. The minimum absolute atomic E-state index is 0.103. The van der Waals surface area contributed by atoms with Crippen molar-refractivity contribution in [1.29, 1.82) is 0 Å². The van der Waals surface area contributed by atoms with Crippen LogP contribution in [0.15, 0.2) is 0 Å². The Bertz CT molecular complexity index is 1850. The topological polar surface area (TPSA) is 237 Å². The summed E-state index contributed by atoms with van der Waals surface area (Å²) in [5, 5.41) is 10.6. The molecule has 0 aromatic rings. The maximum atomic E-state index is 13.1. The predicted molar refractivity (Wildman–Crippen MR) is 386 cm³/mol. The van der Waals surface area contributed by atoms with Crippen molar-refractivity contribution >= 4 is 39.5 Å². The van der Waals surface area contributed by atoms with Crippen molar-refractivity contribution in [2.75, 3.05) is 39.6 Å². The summed E-state index contributed by atoms with van der Waals surface area (Å²) in [7, 11) is -9.91. The summed E-state index contributed by atoms with van der Waals surface area (Å²) in [6, 6.07) is 0. The lowest BCUT2D eigenvalue weighted by molar-refractivity contribution is -0.161. The Balaban J connectivity index is 5.22. The first kappa shape index (κ1) is 93.1. The first-order valence-electron chi connectivity index (χ1n) is 39.3. The third-order valence-electron chi connectivity index (χ3n) is 17.6. The maximum absolute atomic E-state index is 13.1. The molecular weight excluding hydrogens is 1250 g/mol. The highest BCUT2D eigenvalue weighted by Crippen LogP contribution is 2.45. The standard InChI is InChI=1S/C76H148O17P2/c1-8-9-10-11-12-13-14-15-16-17-18-19-20-23-27-30-37-45-52-59-75(80)92-71(63-86-73(78)57-50-43-36-29-26-24-21-22-25-28-33-40-47-54-67(2)3)65-90-94(82,83)88-61-70(77)62-89-95(84,85)91-66-72(93-76(81)60-53-46-39-32-35-42-49-56-69(6)7)64-87-74(79)58-51-44-38-31-34-41-48-55-68(4)5/h67-72,77H,8-66H2,1-7H3,(H,82,83)(H,84,85)/t70-,71-,72-/m1/s1. The lowest BCUT2D eigenvalue weighted by atomic mass is 10.0. The van der Waals surface area contributed by atoms with E-state index in [9.17, 15) is 43.2 Å². The largest absolute Gasteiger partial charge is 0.472 e. The van der Waals surface area contributed by atoms with Gasteiger partial charge in [-0.25, -0.2) is 9.13 Å². The molecule has 0 aromatic heterocycles. The van der Waals surface area contributed by atoms with Crippen molar-refractivity contribution in [3.05, 3.63) is 0 Å². The van der Waals surface area contributed by atoms with Crippen LogP contribution in [0.4, 0.5) is 0 Å². The van der Waals surface area contributed by atoms with Crippen molar-refractivity contribution in [3.8, 4) is 0 Å². The van der Waals surface area contributed by atoms with Gasteiger partial charge in [0.1, 0.15) is 19.3 Å². The normalized spacial score (nSPS) is 14.1. The van der Waals surface area contributed by atoms with Crippen LogP contribution in [0.25, 0.3) is 0 Å². The first-order chi connectivity index (χ1) is 45.7. The van der Waals surface area contributed by atoms with E-state index in [1.807, 2.05) is 0 Å². The predicted octanol–water partition coefficient (Wildman–Crippen LogP) is 22.2. The molecular formula is C76H148O17P2. The molecule has 5 atom stereocenters. The lowest BCUT2D eigenvalue weighted by Gasteiger charge is -2.21. The summed E-state index contributed by atoms with van der Waals surface area (Å²) in [6.45, 7) is 11.8. The van der Waals surface area contributed by atoms with Crippen LogP contribution in [-0.2, 0) is 65.4 Å². The van der Waals surface area contributed by atoms with Gasteiger partial charge in [-0.3, -0.25) is 37.3 Å². The summed E-state index contributed by atoms with van der Waals surface area (Å²) in [5.74, 6) is 0.0702. The quantitative estimate of drug-likeness (QED) is 0.0222. The van der Waals surface area contributed by atoms with Crippen LogP contribution in [0, 0.1) is 17.8 Å². The van der Waals surface area contributed by atoms with Gasteiger partial charge < -0.3 is 33.8 Å². The molecule has 0 radical (unpaired) electrons. The van der Waals surface area contributed by atoms with Gasteiger partial charge in [0.05, 0.1) is 26.4 Å². The second-order valence-electron chi connectivity index (χ2n) is 28.8. The molecule has 2 unspecified atom stereocenters. The summed E-state index contributed by atoms with van der Waals surface area (Å²) in [6.07, 6.45) is 53.0. The fourth-order valence-corrected chi connectivity index (χ4v) is 13.2. The highest BCUT2D eigenvalue weighted by molar-refractivity contribution is 7.47. The van der Waals surface area contributed by atoms with Crippen molar-refractivity contribution < 1.29 is 80.2 Å². The van der Waals surface area contributed by atoms with Crippen LogP contribution in [-0.4, -0.2) is 96.7 Å². The number of carbonyl (C=O) groups excluding carboxylic acids is 4. The zero-order valence-electron chi connectivity index (χ0n) is 62.1. The average Bonchev–Trinajstić information content (AvgIpc) is 2.74. The molecule has 0 heterocycles.